The van der Waals surface area contributed by atoms with Gasteiger partial charge >= 0.3 is 0 Å². The first-order chi connectivity index (χ1) is 11.4. The lowest BCUT2D eigenvalue weighted by molar-refractivity contribution is -0.116. The molecule has 124 valence electrons. The van der Waals surface area contributed by atoms with Crippen LogP contribution < -0.4 is 15.5 Å². The molecule has 2 aromatic carbocycles. The van der Waals surface area contributed by atoms with Crippen molar-refractivity contribution in [3.8, 4) is 0 Å². The molecule has 0 fully saturated rings. The van der Waals surface area contributed by atoms with E-state index in [-0.39, 0.29) is 16.9 Å². The molecule has 0 aliphatic rings. The fourth-order valence-electron chi connectivity index (χ4n) is 1.92. The van der Waals surface area contributed by atoms with Gasteiger partial charge in [-0.3, -0.25) is 14.9 Å². The predicted molar refractivity (Wildman–Crippen MR) is 103 cm³/mol. The molecule has 0 aliphatic heterocycles. The quantitative estimate of drug-likeness (QED) is 0.766. The van der Waals surface area contributed by atoms with Crippen LogP contribution in [0.2, 0.25) is 0 Å². The summed E-state index contributed by atoms with van der Waals surface area (Å²) in [5.41, 5.74) is 2.00. The highest BCUT2D eigenvalue weighted by molar-refractivity contribution is 9.10. The van der Waals surface area contributed by atoms with Crippen molar-refractivity contribution in [2.24, 2.45) is 0 Å². The Labute approximate surface area is 154 Å². The Kier molecular flexibility index (Phi) is 6.05. The van der Waals surface area contributed by atoms with E-state index in [4.69, 9.17) is 12.2 Å². The molecule has 0 atom stereocenters. The standard InChI is InChI=1S/C17H16BrN3O2S/c1-11(22)21(2)15-8-6-14(7-9-15)19-17(24)20-16(23)12-4-3-5-13(18)10-12/h3-10H,1-2H3,(H2,19,20,23,24). The van der Waals surface area contributed by atoms with E-state index in [1.54, 1.807) is 49.5 Å². The van der Waals surface area contributed by atoms with Crippen LogP contribution in [0.25, 0.3) is 0 Å². The Balaban J connectivity index is 1.97. The minimum absolute atomic E-state index is 0.0486. The van der Waals surface area contributed by atoms with Crippen LogP contribution in [0.4, 0.5) is 11.4 Å². The summed E-state index contributed by atoms with van der Waals surface area (Å²) in [6, 6.07) is 14.2. The average Bonchev–Trinajstić information content (AvgIpc) is 2.54. The molecule has 0 saturated heterocycles. The predicted octanol–water partition coefficient (Wildman–Crippen LogP) is 3.56. The van der Waals surface area contributed by atoms with Crippen molar-refractivity contribution in [3.05, 3.63) is 58.6 Å². The number of amides is 2. The zero-order chi connectivity index (χ0) is 17.7. The maximum Gasteiger partial charge on any atom is 0.257 e. The summed E-state index contributed by atoms with van der Waals surface area (Å²) >= 11 is 8.47. The highest BCUT2D eigenvalue weighted by Gasteiger charge is 2.09. The summed E-state index contributed by atoms with van der Waals surface area (Å²) < 4.78 is 0.819. The first kappa shape index (κ1) is 18.1. The van der Waals surface area contributed by atoms with Crippen LogP contribution >= 0.6 is 28.1 Å². The summed E-state index contributed by atoms with van der Waals surface area (Å²) in [6.45, 7) is 1.50. The Morgan fingerprint density at radius 1 is 1.12 bits per heavy atom. The Hall–Kier alpha value is -2.25. The monoisotopic (exact) mass is 405 g/mol. The van der Waals surface area contributed by atoms with Gasteiger partial charge in [0.2, 0.25) is 5.91 Å². The normalized spacial score (nSPS) is 9.96. The minimum Gasteiger partial charge on any atom is -0.332 e. The lowest BCUT2D eigenvalue weighted by Crippen LogP contribution is -2.34. The number of hydrogen-bond donors (Lipinski definition) is 2. The minimum atomic E-state index is -0.290. The fraction of sp³-hybridized carbons (Fsp3) is 0.118. The first-order valence-corrected chi connectivity index (χ1v) is 8.29. The van der Waals surface area contributed by atoms with Crippen LogP contribution in [0.15, 0.2) is 53.0 Å². The number of carbonyl (C=O) groups excluding carboxylic acids is 2. The van der Waals surface area contributed by atoms with Gasteiger partial charge in [0.15, 0.2) is 5.11 Å². The van der Waals surface area contributed by atoms with E-state index in [1.165, 1.54) is 11.8 Å². The van der Waals surface area contributed by atoms with E-state index in [1.807, 2.05) is 6.07 Å². The number of rotatable bonds is 3. The van der Waals surface area contributed by atoms with Gasteiger partial charge in [0, 0.05) is 35.4 Å². The molecule has 0 spiro atoms. The van der Waals surface area contributed by atoms with E-state index in [2.05, 4.69) is 26.6 Å². The second-order valence-electron chi connectivity index (χ2n) is 5.04. The van der Waals surface area contributed by atoms with Gasteiger partial charge in [-0.25, -0.2) is 0 Å². The largest absolute Gasteiger partial charge is 0.332 e. The lowest BCUT2D eigenvalue weighted by Gasteiger charge is -2.16. The van der Waals surface area contributed by atoms with E-state index in [0.29, 0.717) is 5.56 Å². The van der Waals surface area contributed by atoms with Gasteiger partial charge in [0.1, 0.15) is 0 Å². The number of halogens is 1. The molecule has 0 heterocycles. The molecule has 2 N–H and O–H groups in total. The molecule has 2 amide bonds. The van der Waals surface area contributed by atoms with Gasteiger partial charge in [0.25, 0.3) is 5.91 Å². The summed E-state index contributed by atoms with van der Waals surface area (Å²) in [7, 11) is 1.70. The maximum atomic E-state index is 12.1. The third-order valence-corrected chi connectivity index (χ3v) is 4.00. The van der Waals surface area contributed by atoms with E-state index >= 15 is 0 Å². The average molecular weight is 406 g/mol. The molecular weight excluding hydrogens is 390 g/mol. The van der Waals surface area contributed by atoms with Crippen LogP contribution in [0.3, 0.4) is 0 Å². The molecule has 7 heteroatoms. The Bertz CT molecular complexity index is 778. The zero-order valence-corrected chi connectivity index (χ0v) is 15.6. The number of nitrogens with one attached hydrogen (secondary N) is 2. The van der Waals surface area contributed by atoms with Crippen molar-refractivity contribution in [2.45, 2.75) is 6.92 Å². The summed E-state index contributed by atoms with van der Waals surface area (Å²) in [5, 5.41) is 5.76. The molecule has 0 saturated carbocycles. The molecule has 0 bridgehead atoms. The van der Waals surface area contributed by atoms with Gasteiger partial charge in [-0.15, -0.1) is 0 Å². The second kappa shape index (κ2) is 8.03. The van der Waals surface area contributed by atoms with Crippen LogP contribution in [-0.2, 0) is 4.79 Å². The molecule has 5 nitrogen and oxygen atoms in total. The number of hydrogen-bond acceptors (Lipinski definition) is 3. The van der Waals surface area contributed by atoms with Gasteiger partial charge in [-0.05, 0) is 54.7 Å². The highest BCUT2D eigenvalue weighted by Crippen LogP contribution is 2.17. The number of carbonyl (C=O) groups is 2. The lowest BCUT2D eigenvalue weighted by atomic mass is 10.2. The topological polar surface area (TPSA) is 61.4 Å². The molecular formula is C17H16BrN3O2S. The van der Waals surface area contributed by atoms with Crippen molar-refractivity contribution in [3.63, 3.8) is 0 Å². The molecule has 24 heavy (non-hydrogen) atoms. The van der Waals surface area contributed by atoms with E-state index in [0.717, 1.165) is 15.8 Å². The maximum absolute atomic E-state index is 12.1. The third kappa shape index (κ3) is 4.87. The SMILES string of the molecule is CC(=O)N(C)c1ccc(NC(=S)NC(=O)c2cccc(Br)c2)cc1. The molecule has 0 unspecified atom stereocenters. The Morgan fingerprint density at radius 2 is 1.79 bits per heavy atom. The van der Waals surface area contributed by atoms with E-state index in [9.17, 15) is 9.59 Å². The van der Waals surface area contributed by atoms with Gasteiger partial charge in [-0.2, -0.15) is 0 Å². The van der Waals surface area contributed by atoms with Crippen molar-refractivity contribution in [2.75, 3.05) is 17.3 Å². The smallest absolute Gasteiger partial charge is 0.257 e. The third-order valence-electron chi connectivity index (χ3n) is 3.30. The number of nitrogens with zero attached hydrogens (tertiary/aromatic N) is 1. The van der Waals surface area contributed by atoms with Crippen LogP contribution in [0.5, 0.6) is 0 Å². The van der Waals surface area contributed by atoms with Crippen molar-refractivity contribution < 1.29 is 9.59 Å². The summed E-state index contributed by atoms with van der Waals surface area (Å²) in [4.78, 5) is 25.0. The molecule has 2 rings (SSSR count). The fourth-order valence-corrected chi connectivity index (χ4v) is 2.53. The van der Waals surface area contributed by atoms with E-state index < -0.39 is 0 Å². The van der Waals surface area contributed by atoms with Crippen molar-refractivity contribution in [1.29, 1.82) is 0 Å². The van der Waals surface area contributed by atoms with Crippen molar-refractivity contribution in [1.82, 2.24) is 5.32 Å². The Morgan fingerprint density at radius 3 is 2.38 bits per heavy atom. The van der Waals surface area contributed by atoms with Gasteiger partial charge in [-0.1, -0.05) is 22.0 Å². The second-order valence-corrected chi connectivity index (χ2v) is 6.37. The molecule has 0 radical (unpaired) electrons. The van der Waals surface area contributed by atoms with Crippen LogP contribution in [0, 0.1) is 0 Å². The zero-order valence-electron chi connectivity index (χ0n) is 13.2. The summed E-state index contributed by atoms with van der Waals surface area (Å²) in [5.74, 6) is -0.339. The number of benzene rings is 2. The number of thiocarbonyl (C=S) groups is 1. The van der Waals surface area contributed by atoms with Gasteiger partial charge < -0.3 is 10.2 Å². The molecule has 0 aromatic heterocycles. The first-order valence-electron chi connectivity index (χ1n) is 7.09. The highest BCUT2D eigenvalue weighted by atomic mass is 79.9. The molecule has 2 aromatic rings. The van der Waals surface area contributed by atoms with Gasteiger partial charge in [0.05, 0.1) is 0 Å². The van der Waals surface area contributed by atoms with Crippen molar-refractivity contribution >= 4 is 56.4 Å². The summed E-state index contributed by atoms with van der Waals surface area (Å²) in [6.07, 6.45) is 0. The molecule has 0 aliphatic carbocycles. The number of anilines is 2. The van der Waals surface area contributed by atoms with Crippen LogP contribution in [0.1, 0.15) is 17.3 Å². The van der Waals surface area contributed by atoms with Crippen LogP contribution in [-0.4, -0.2) is 24.0 Å².